The minimum absolute atomic E-state index is 0.181. The van der Waals surface area contributed by atoms with Gasteiger partial charge in [0.2, 0.25) is 5.91 Å². The molecule has 7 nitrogen and oxygen atoms in total. The first-order valence-electron chi connectivity index (χ1n) is 8.65. The van der Waals surface area contributed by atoms with Crippen molar-refractivity contribution >= 4 is 5.91 Å². The number of rotatable bonds is 6. The van der Waals surface area contributed by atoms with Crippen LogP contribution in [0.4, 0.5) is 0 Å². The van der Waals surface area contributed by atoms with E-state index in [4.69, 9.17) is 4.74 Å². The number of hydrogen-bond donors (Lipinski definition) is 1. The summed E-state index contributed by atoms with van der Waals surface area (Å²) in [7, 11) is 1.66. The second kappa shape index (κ2) is 6.20. The molecule has 23 heavy (non-hydrogen) atoms. The second-order valence-corrected chi connectivity index (χ2v) is 7.19. The lowest BCUT2D eigenvalue weighted by Gasteiger charge is -2.49. The Balaban J connectivity index is 1.36. The van der Waals surface area contributed by atoms with Crippen molar-refractivity contribution in [3.05, 3.63) is 11.9 Å². The van der Waals surface area contributed by atoms with E-state index in [0.29, 0.717) is 24.6 Å². The molecule has 0 aromatic carbocycles. The molecule has 1 aromatic rings. The SMILES string of the molecule is COCc1cn(C[C@H]2C[C@H]3CCN2C[C@@H]3C(=O)NC2CC2)nn1. The highest BCUT2D eigenvalue weighted by atomic mass is 16.5. The first-order chi connectivity index (χ1) is 11.2. The van der Waals surface area contributed by atoms with Crippen LogP contribution in [0.2, 0.25) is 0 Å². The first-order valence-corrected chi connectivity index (χ1v) is 8.65. The van der Waals surface area contributed by atoms with Gasteiger partial charge in [-0.3, -0.25) is 14.4 Å². The number of ether oxygens (including phenoxy) is 1. The fourth-order valence-corrected chi connectivity index (χ4v) is 4.02. The molecule has 126 valence electrons. The number of carbonyl (C=O) groups is 1. The molecule has 1 amide bonds. The van der Waals surface area contributed by atoms with E-state index in [0.717, 1.165) is 51.0 Å². The zero-order valence-corrected chi connectivity index (χ0v) is 13.6. The summed E-state index contributed by atoms with van der Waals surface area (Å²) in [5, 5.41) is 11.5. The lowest BCUT2D eigenvalue weighted by atomic mass is 9.75. The predicted octanol–water partition coefficient (Wildman–Crippen LogP) is 0.414. The largest absolute Gasteiger partial charge is 0.378 e. The zero-order valence-electron chi connectivity index (χ0n) is 13.6. The van der Waals surface area contributed by atoms with Gasteiger partial charge in [-0.1, -0.05) is 5.21 Å². The summed E-state index contributed by atoms with van der Waals surface area (Å²) in [6, 6.07) is 0.930. The van der Waals surface area contributed by atoms with Gasteiger partial charge >= 0.3 is 0 Å². The lowest BCUT2D eigenvalue weighted by molar-refractivity contribution is -0.133. The number of piperidine rings is 3. The fourth-order valence-electron chi connectivity index (χ4n) is 4.02. The van der Waals surface area contributed by atoms with E-state index in [1.54, 1.807) is 7.11 Å². The van der Waals surface area contributed by atoms with Gasteiger partial charge in [0.25, 0.3) is 0 Å². The Labute approximate surface area is 136 Å². The highest BCUT2D eigenvalue weighted by Gasteiger charge is 2.44. The molecule has 4 aliphatic rings. The van der Waals surface area contributed by atoms with Gasteiger partial charge in [0.15, 0.2) is 0 Å². The van der Waals surface area contributed by atoms with Gasteiger partial charge in [-0.05, 0) is 38.1 Å². The summed E-state index contributed by atoms with van der Waals surface area (Å²) < 4.78 is 7.00. The van der Waals surface area contributed by atoms with Crippen molar-refractivity contribution in [2.24, 2.45) is 11.8 Å². The van der Waals surface area contributed by atoms with Crippen LogP contribution in [0.3, 0.4) is 0 Å². The standard InChI is InChI=1S/C16H25N5O2/c1-23-10-13-7-21(19-18-13)8-14-6-11-4-5-20(14)9-15(11)16(22)17-12-2-3-12/h7,11-12,14-15H,2-6,8-10H2,1H3,(H,17,22)/t11-,14-,15+/m1/s1. The summed E-state index contributed by atoms with van der Waals surface area (Å²) in [5.41, 5.74) is 0.866. The van der Waals surface area contributed by atoms with Crippen LogP contribution in [-0.2, 0) is 22.7 Å². The van der Waals surface area contributed by atoms with Gasteiger partial charge in [0, 0.05) is 25.7 Å². The van der Waals surface area contributed by atoms with Gasteiger partial charge in [0.05, 0.1) is 25.3 Å². The quantitative estimate of drug-likeness (QED) is 0.822. The Morgan fingerprint density at radius 2 is 2.30 bits per heavy atom. The van der Waals surface area contributed by atoms with E-state index in [2.05, 4.69) is 20.5 Å². The minimum atomic E-state index is 0.181. The van der Waals surface area contributed by atoms with Gasteiger partial charge < -0.3 is 10.1 Å². The highest BCUT2D eigenvalue weighted by Crippen LogP contribution is 2.37. The molecule has 4 heterocycles. The highest BCUT2D eigenvalue weighted by molar-refractivity contribution is 5.80. The number of aromatic nitrogens is 3. The smallest absolute Gasteiger partial charge is 0.224 e. The molecule has 2 bridgehead atoms. The molecule has 3 saturated heterocycles. The topological polar surface area (TPSA) is 72.3 Å². The molecule has 1 aromatic heterocycles. The molecule has 0 radical (unpaired) electrons. The molecule has 4 atom stereocenters. The molecule has 4 fully saturated rings. The molecule has 1 saturated carbocycles. The maximum Gasteiger partial charge on any atom is 0.224 e. The van der Waals surface area contributed by atoms with E-state index in [9.17, 15) is 4.79 Å². The van der Waals surface area contributed by atoms with Crippen LogP contribution in [0.15, 0.2) is 6.20 Å². The molecular formula is C16H25N5O2. The van der Waals surface area contributed by atoms with Crippen LogP contribution in [-0.4, -0.2) is 58.1 Å². The van der Waals surface area contributed by atoms with E-state index >= 15 is 0 Å². The summed E-state index contributed by atoms with van der Waals surface area (Å²) in [6.07, 6.45) is 6.51. The van der Waals surface area contributed by atoms with Crippen LogP contribution in [0.1, 0.15) is 31.4 Å². The van der Waals surface area contributed by atoms with Gasteiger partial charge in [-0.25, -0.2) is 0 Å². The lowest BCUT2D eigenvalue weighted by Crippen LogP contribution is -2.58. The van der Waals surface area contributed by atoms with Crippen LogP contribution in [0.5, 0.6) is 0 Å². The second-order valence-electron chi connectivity index (χ2n) is 7.19. The maximum atomic E-state index is 12.4. The average molecular weight is 319 g/mol. The number of nitrogens with one attached hydrogen (secondary N) is 1. The summed E-state index contributed by atoms with van der Waals surface area (Å²) in [6.45, 7) is 3.35. The van der Waals surface area contributed by atoms with Crippen molar-refractivity contribution in [3.8, 4) is 0 Å². The van der Waals surface area contributed by atoms with Crippen LogP contribution in [0.25, 0.3) is 0 Å². The number of amides is 1. The van der Waals surface area contributed by atoms with Crippen molar-refractivity contribution in [3.63, 3.8) is 0 Å². The monoisotopic (exact) mass is 319 g/mol. The molecule has 0 spiro atoms. The third-order valence-electron chi connectivity index (χ3n) is 5.42. The predicted molar refractivity (Wildman–Crippen MR) is 83.5 cm³/mol. The van der Waals surface area contributed by atoms with Crippen molar-refractivity contribution in [1.29, 1.82) is 0 Å². The van der Waals surface area contributed by atoms with E-state index < -0.39 is 0 Å². The van der Waals surface area contributed by atoms with Crippen molar-refractivity contribution in [2.45, 2.75) is 50.9 Å². The van der Waals surface area contributed by atoms with Crippen LogP contribution in [0, 0.1) is 11.8 Å². The third-order valence-corrected chi connectivity index (χ3v) is 5.42. The third kappa shape index (κ3) is 3.26. The average Bonchev–Trinajstić information content (AvgIpc) is 3.27. The van der Waals surface area contributed by atoms with E-state index in [1.807, 2.05) is 10.9 Å². The normalized spacial score (nSPS) is 32.9. The van der Waals surface area contributed by atoms with E-state index in [1.165, 1.54) is 0 Å². The van der Waals surface area contributed by atoms with Crippen LogP contribution >= 0.6 is 0 Å². The van der Waals surface area contributed by atoms with Gasteiger partial charge in [-0.2, -0.15) is 0 Å². The molecule has 1 aliphatic carbocycles. The zero-order chi connectivity index (χ0) is 15.8. The minimum Gasteiger partial charge on any atom is -0.378 e. The Morgan fingerprint density at radius 3 is 3.00 bits per heavy atom. The fraction of sp³-hybridized carbons (Fsp3) is 0.812. The van der Waals surface area contributed by atoms with Crippen molar-refractivity contribution in [1.82, 2.24) is 25.2 Å². The first kappa shape index (κ1) is 15.1. The summed E-state index contributed by atoms with van der Waals surface area (Å²) >= 11 is 0. The molecule has 1 unspecified atom stereocenters. The summed E-state index contributed by atoms with van der Waals surface area (Å²) in [5.74, 6) is 0.981. The molecule has 3 aliphatic heterocycles. The number of hydrogen-bond acceptors (Lipinski definition) is 5. The number of carbonyl (C=O) groups excluding carboxylic acids is 1. The molecule has 7 heteroatoms. The van der Waals surface area contributed by atoms with Crippen LogP contribution < -0.4 is 5.32 Å². The summed E-state index contributed by atoms with van der Waals surface area (Å²) in [4.78, 5) is 14.9. The van der Waals surface area contributed by atoms with E-state index in [-0.39, 0.29) is 11.8 Å². The Kier molecular flexibility index (Phi) is 4.07. The molecular weight excluding hydrogens is 294 g/mol. The Bertz CT molecular complexity index is 571. The Morgan fingerprint density at radius 1 is 1.43 bits per heavy atom. The van der Waals surface area contributed by atoms with Gasteiger partial charge in [-0.15, -0.1) is 5.10 Å². The molecule has 1 N–H and O–H groups in total. The van der Waals surface area contributed by atoms with Gasteiger partial charge in [0.1, 0.15) is 5.69 Å². The number of methoxy groups -OCH3 is 1. The number of nitrogens with zero attached hydrogens (tertiary/aromatic N) is 4. The number of fused-ring (bicyclic) bond motifs is 3. The molecule has 5 rings (SSSR count). The van der Waals surface area contributed by atoms with Crippen molar-refractivity contribution < 1.29 is 9.53 Å². The van der Waals surface area contributed by atoms with Crippen molar-refractivity contribution in [2.75, 3.05) is 20.2 Å². The maximum absolute atomic E-state index is 12.4. The Hall–Kier alpha value is -1.47.